The largest absolute Gasteiger partial charge is 0.493 e. The SMILES string of the molecule is COc1ccc([C@@H]2C(C(=O)Nc3ccccc3)=C(C)N=c3s/c(=C\c4cn(Cc5ccccc5)c5ccccc45)c(=O)n32)cc1OC. The molecule has 1 aliphatic rings. The smallest absolute Gasteiger partial charge is 0.271 e. The van der Waals surface area contributed by atoms with Crippen LogP contribution in [-0.2, 0) is 11.3 Å². The first kappa shape index (κ1) is 30.0. The second kappa shape index (κ2) is 12.6. The average molecular weight is 641 g/mol. The Kier molecular flexibility index (Phi) is 8.05. The van der Waals surface area contributed by atoms with Gasteiger partial charge in [0.2, 0.25) is 0 Å². The van der Waals surface area contributed by atoms with E-state index >= 15 is 0 Å². The Morgan fingerprint density at radius 1 is 0.915 bits per heavy atom. The molecule has 1 N–H and O–H groups in total. The summed E-state index contributed by atoms with van der Waals surface area (Å²) in [6, 6.07) is 32.4. The molecule has 0 spiro atoms. The number of carbonyl (C=O) groups excluding carboxylic acids is 1. The lowest BCUT2D eigenvalue weighted by Crippen LogP contribution is -2.40. The van der Waals surface area contributed by atoms with E-state index in [2.05, 4.69) is 40.3 Å². The molecule has 1 aliphatic heterocycles. The van der Waals surface area contributed by atoms with Crippen LogP contribution in [0.5, 0.6) is 11.5 Å². The van der Waals surface area contributed by atoms with Crippen LogP contribution in [0.2, 0.25) is 0 Å². The fourth-order valence-electron chi connectivity index (χ4n) is 6.11. The maximum Gasteiger partial charge on any atom is 0.271 e. The van der Waals surface area contributed by atoms with Crippen LogP contribution in [0.25, 0.3) is 17.0 Å². The number of hydrogen-bond donors (Lipinski definition) is 1. The summed E-state index contributed by atoms with van der Waals surface area (Å²) in [5.41, 5.74) is 5.22. The molecular formula is C38H32N4O4S. The minimum atomic E-state index is -0.753. The van der Waals surface area contributed by atoms with Crippen LogP contribution in [-0.4, -0.2) is 29.3 Å². The fraction of sp³-hybridized carbons (Fsp3) is 0.132. The number of methoxy groups -OCH3 is 2. The maximum atomic E-state index is 14.4. The van der Waals surface area contributed by atoms with Crippen LogP contribution in [0.1, 0.15) is 29.7 Å². The number of anilines is 1. The molecule has 0 unspecified atom stereocenters. The van der Waals surface area contributed by atoms with Crippen molar-refractivity contribution in [2.45, 2.75) is 19.5 Å². The van der Waals surface area contributed by atoms with Crippen LogP contribution in [0.15, 0.2) is 130 Å². The highest BCUT2D eigenvalue weighted by molar-refractivity contribution is 7.07. The molecule has 0 saturated heterocycles. The molecule has 0 fully saturated rings. The first-order valence-corrected chi connectivity index (χ1v) is 16.0. The van der Waals surface area contributed by atoms with Gasteiger partial charge in [-0.05, 0) is 54.5 Å². The quantitative estimate of drug-likeness (QED) is 0.225. The molecule has 8 nitrogen and oxygen atoms in total. The molecule has 2 aromatic heterocycles. The summed E-state index contributed by atoms with van der Waals surface area (Å²) in [6.45, 7) is 2.51. The second-order valence-corrected chi connectivity index (χ2v) is 12.2. The third-order valence-electron chi connectivity index (χ3n) is 8.32. The summed E-state index contributed by atoms with van der Waals surface area (Å²) < 4.78 is 15.4. The zero-order valence-electron chi connectivity index (χ0n) is 26.1. The molecule has 7 rings (SSSR count). The maximum absolute atomic E-state index is 14.4. The van der Waals surface area contributed by atoms with Gasteiger partial charge in [-0.1, -0.05) is 84.1 Å². The summed E-state index contributed by atoms with van der Waals surface area (Å²) in [7, 11) is 3.13. The Labute approximate surface area is 275 Å². The van der Waals surface area contributed by atoms with E-state index in [0.717, 1.165) is 16.5 Å². The predicted octanol–water partition coefficient (Wildman–Crippen LogP) is 5.89. The molecule has 47 heavy (non-hydrogen) atoms. The molecule has 1 amide bonds. The Balaban J connectivity index is 1.38. The molecule has 9 heteroatoms. The van der Waals surface area contributed by atoms with Gasteiger partial charge in [0, 0.05) is 34.9 Å². The van der Waals surface area contributed by atoms with Gasteiger partial charge in [-0.15, -0.1) is 0 Å². The highest BCUT2D eigenvalue weighted by atomic mass is 32.1. The third kappa shape index (κ3) is 5.66. The van der Waals surface area contributed by atoms with Crippen LogP contribution in [0, 0.1) is 0 Å². The Morgan fingerprint density at radius 3 is 2.36 bits per heavy atom. The summed E-state index contributed by atoms with van der Waals surface area (Å²) in [4.78, 5) is 33.7. The fourth-order valence-corrected chi connectivity index (χ4v) is 7.15. The molecule has 6 aromatic rings. The van der Waals surface area contributed by atoms with Crippen molar-refractivity contribution < 1.29 is 14.3 Å². The number of allylic oxidation sites excluding steroid dienone is 1. The normalized spacial score (nSPS) is 14.5. The number of hydrogen-bond acceptors (Lipinski definition) is 6. The van der Waals surface area contributed by atoms with E-state index in [9.17, 15) is 9.59 Å². The van der Waals surface area contributed by atoms with Crippen molar-refractivity contribution in [3.8, 4) is 11.5 Å². The first-order valence-electron chi connectivity index (χ1n) is 15.2. The zero-order chi connectivity index (χ0) is 32.5. The number of amides is 1. The number of aromatic nitrogens is 2. The number of nitrogens with one attached hydrogen (secondary N) is 1. The van der Waals surface area contributed by atoms with Gasteiger partial charge >= 0.3 is 0 Å². The van der Waals surface area contributed by atoms with Crippen molar-refractivity contribution in [1.82, 2.24) is 9.13 Å². The van der Waals surface area contributed by atoms with E-state index in [4.69, 9.17) is 14.5 Å². The summed E-state index contributed by atoms with van der Waals surface area (Å²) >= 11 is 1.31. The molecule has 0 aliphatic carbocycles. The Hall–Kier alpha value is -5.67. The molecule has 0 radical (unpaired) electrons. The number of nitrogens with zero attached hydrogens (tertiary/aromatic N) is 3. The topological polar surface area (TPSA) is 86.9 Å². The first-order chi connectivity index (χ1) is 22.9. The highest BCUT2D eigenvalue weighted by Gasteiger charge is 2.33. The Morgan fingerprint density at radius 2 is 1.62 bits per heavy atom. The number of carbonyl (C=O) groups is 1. The van der Waals surface area contributed by atoms with Gasteiger partial charge in [0.25, 0.3) is 11.5 Å². The van der Waals surface area contributed by atoms with Crippen LogP contribution >= 0.6 is 11.3 Å². The highest BCUT2D eigenvalue weighted by Crippen LogP contribution is 2.36. The van der Waals surface area contributed by atoms with E-state index in [1.54, 1.807) is 24.9 Å². The Bertz CT molecular complexity index is 2340. The monoisotopic (exact) mass is 640 g/mol. The van der Waals surface area contributed by atoms with E-state index in [0.29, 0.717) is 49.9 Å². The van der Waals surface area contributed by atoms with Gasteiger partial charge < -0.3 is 19.4 Å². The summed E-state index contributed by atoms with van der Waals surface area (Å²) in [5, 5.41) is 4.04. The lowest BCUT2D eigenvalue weighted by Gasteiger charge is -2.26. The number of fused-ring (bicyclic) bond motifs is 2. The lowest BCUT2D eigenvalue weighted by molar-refractivity contribution is -0.113. The van der Waals surface area contributed by atoms with Crippen molar-refractivity contribution in [1.29, 1.82) is 0 Å². The molecule has 1 atom stereocenters. The van der Waals surface area contributed by atoms with E-state index < -0.39 is 6.04 Å². The number of thiazole rings is 1. The van der Waals surface area contributed by atoms with Gasteiger partial charge in [-0.25, -0.2) is 4.99 Å². The third-order valence-corrected chi connectivity index (χ3v) is 9.31. The van der Waals surface area contributed by atoms with Crippen molar-refractivity contribution in [3.63, 3.8) is 0 Å². The van der Waals surface area contributed by atoms with E-state index in [1.807, 2.05) is 85.8 Å². The van der Waals surface area contributed by atoms with Crippen LogP contribution < -0.4 is 29.7 Å². The average Bonchev–Trinajstić information content (AvgIpc) is 3.60. The van der Waals surface area contributed by atoms with E-state index in [-0.39, 0.29) is 11.5 Å². The van der Waals surface area contributed by atoms with Gasteiger partial charge in [0.1, 0.15) is 0 Å². The molecule has 3 heterocycles. The molecule has 234 valence electrons. The van der Waals surface area contributed by atoms with Crippen molar-refractivity contribution >= 4 is 39.9 Å². The van der Waals surface area contributed by atoms with Crippen molar-refractivity contribution in [2.75, 3.05) is 19.5 Å². The summed E-state index contributed by atoms with van der Waals surface area (Å²) in [5.74, 6) is 0.706. The summed E-state index contributed by atoms with van der Waals surface area (Å²) in [6.07, 6.45) is 4.02. The lowest BCUT2D eigenvalue weighted by atomic mass is 9.94. The molecule has 0 bridgehead atoms. The predicted molar refractivity (Wildman–Crippen MR) is 186 cm³/mol. The number of rotatable bonds is 8. The van der Waals surface area contributed by atoms with Crippen LogP contribution in [0.4, 0.5) is 5.69 Å². The molecular weight excluding hydrogens is 609 g/mol. The number of benzene rings is 4. The van der Waals surface area contributed by atoms with Gasteiger partial charge in [0.05, 0.1) is 36.1 Å². The minimum absolute atomic E-state index is 0.231. The van der Waals surface area contributed by atoms with Crippen LogP contribution in [0.3, 0.4) is 0 Å². The minimum Gasteiger partial charge on any atom is -0.493 e. The molecule has 0 saturated carbocycles. The second-order valence-electron chi connectivity index (χ2n) is 11.2. The van der Waals surface area contributed by atoms with Gasteiger partial charge in [-0.3, -0.25) is 14.2 Å². The zero-order valence-corrected chi connectivity index (χ0v) is 27.0. The molecule has 4 aromatic carbocycles. The standard InChI is InChI=1S/C38H32N4O4S/c1-24-34(36(43)40-28-14-8-5-9-15-28)35(26-18-19-31(45-2)32(20-26)46-3)42-37(44)33(47-38(42)39-24)21-27-23-41(22-25-12-6-4-7-13-25)30-17-11-10-16-29(27)30/h4-21,23,35H,22H2,1-3H3,(H,40,43)/b33-21-/t35-/m1/s1. The number of para-hydroxylation sites is 2. The van der Waals surface area contributed by atoms with Crippen molar-refractivity contribution in [2.24, 2.45) is 4.99 Å². The van der Waals surface area contributed by atoms with Gasteiger partial charge in [-0.2, -0.15) is 0 Å². The van der Waals surface area contributed by atoms with Gasteiger partial charge in [0.15, 0.2) is 16.3 Å². The van der Waals surface area contributed by atoms with Crippen molar-refractivity contribution in [3.05, 3.63) is 157 Å². The number of ether oxygens (including phenoxy) is 2. The van der Waals surface area contributed by atoms with E-state index in [1.165, 1.54) is 16.9 Å².